The van der Waals surface area contributed by atoms with E-state index in [1.54, 1.807) is 0 Å². The number of thioether (sulfide) groups is 1. The van der Waals surface area contributed by atoms with Gasteiger partial charge in [-0.3, -0.25) is 4.90 Å². The van der Waals surface area contributed by atoms with Crippen molar-refractivity contribution in [3.05, 3.63) is 83.7 Å². The molecule has 2 atom stereocenters. The van der Waals surface area contributed by atoms with Crippen molar-refractivity contribution in [2.24, 2.45) is 0 Å². The molecule has 1 fully saturated rings. The lowest BCUT2D eigenvalue weighted by molar-refractivity contribution is 0.182. The van der Waals surface area contributed by atoms with Crippen molar-refractivity contribution in [2.45, 2.75) is 35.5 Å². The SMILES string of the molecule is Oc1cc(F)c2c(c1)O[C@H](c1ccc(OCCN3CCCCC3)cc1)[C@H](c1ccccc1)S2. The maximum absolute atomic E-state index is 14.6. The first-order valence-electron chi connectivity index (χ1n) is 11.5. The van der Waals surface area contributed by atoms with Crippen LogP contribution in [0.25, 0.3) is 0 Å². The summed E-state index contributed by atoms with van der Waals surface area (Å²) in [5.74, 6) is 0.601. The number of benzene rings is 3. The zero-order chi connectivity index (χ0) is 22.6. The van der Waals surface area contributed by atoms with E-state index in [-0.39, 0.29) is 17.1 Å². The highest BCUT2D eigenvalue weighted by Gasteiger charge is 2.35. The van der Waals surface area contributed by atoms with Crippen LogP contribution in [0.4, 0.5) is 4.39 Å². The largest absolute Gasteiger partial charge is 0.508 e. The molecule has 0 radical (unpaired) electrons. The third kappa shape index (κ3) is 5.12. The Morgan fingerprint density at radius 2 is 1.73 bits per heavy atom. The Hall–Kier alpha value is -2.70. The number of nitrogens with zero attached hydrogens (tertiary/aromatic N) is 1. The highest BCUT2D eigenvalue weighted by atomic mass is 32.2. The number of halogens is 1. The van der Waals surface area contributed by atoms with Gasteiger partial charge in [-0.1, -0.05) is 48.9 Å². The molecule has 6 heteroatoms. The summed E-state index contributed by atoms with van der Waals surface area (Å²) < 4.78 is 26.8. The number of aromatic hydroxyl groups is 1. The van der Waals surface area contributed by atoms with E-state index in [4.69, 9.17) is 9.47 Å². The number of rotatable bonds is 6. The highest BCUT2D eigenvalue weighted by molar-refractivity contribution is 7.99. The molecule has 1 N–H and O–H groups in total. The summed E-state index contributed by atoms with van der Waals surface area (Å²) in [6.07, 6.45) is 3.57. The monoisotopic (exact) mass is 465 g/mol. The van der Waals surface area contributed by atoms with Gasteiger partial charge in [0.1, 0.15) is 35.8 Å². The fraction of sp³-hybridized carbons (Fsp3) is 0.333. The van der Waals surface area contributed by atoms with E-state index in [0.717, 1.165) is 42.6 Å². The standard InChI is InChI=1S/C27H28FNO3S/c28-23-17-21(30)18-24-27(23)33-26(20-7-3-1-4-8-20)25(32-24)19-9-11-22(12-10-19)31-16-15-29-13-5-2-6-14-29/h1,3-4,7-12,17-18,25-26,30H,2,5-6,13-16H2/t25-,26+/m1/s1. The van der Waals surface area contributed by atoms with Gasteiger partial charge in [0.15, 0.2) is 0 Å². The molecule has 0 aliphatic carbocycles. The molecule has 2 heterocycles. The van der Waals surface area contributed by atoms with E-state index < -0.39 is 5.82 Å². The van der Waals surface area contributed by atoms with Gasteiger partial charge in [0.25, 0.3) is 0 Å². The molecule has 2 aliphatic rings. The van der Waals surface area contributed by atoms with Crippen LogP contribution in [0.2, 0.25) is 0 Å². The molecule has 2 aliphatic heterocycles. The Bertz CT molecular complexity index is 1070. The number of ether oxygens (including phenoxy) is 2. The topological polar surface area (TPSA) is 41.9 Å². The minimum atomic E-state index is -0.466. The van der Waals surface area contributed by atoms with E-state index in [1.807, 2.05) is 54.6 Å². The zero-order valence-electron chi connectivity index (χ0n) is 18.5. The molecule has 0 bridgehead atoms. The molecule has 33 heavy (non-hydrogen) atoms. The van der Waals surface area contributed by atoms with Crippen LogP contribution in [0, 0.1) is 5.82 Å². The molecule has 0 unspecified atom stereocenters. The molecule has 3 aromatic rings. The number of phenols is 1. The van der Waals surface area contributed by atoms with Crippen LogP contribution in [0.5, 0.6) is 17.2 Å². The summed E-state index contributed by atoms with van der Waals surface area (Å²) in [5.41, 5.74) is 2.04. The molecule has 5 rings (SSSR count). The van der Waals surface area contributed by atoms with Crippen LogP contribution in [0.3, 0.4) is 0 Å². The predicted molar refractivity (Wildman–Crippen MR) is 129 cm³/mol. The highest BCUT2D eigenvalue weighted by Crippen LogP contribution is 2.54. The second-order valence-corrected chi connectivity index (χ2v) is 9.71. The van der Waals surface area contributed by atoms with Crippen LogP contribution in [0.15, 0.2) is 71.6 Å². The van der Waals surface area contributed by atoms with Crippen molar-refractivity contribution >= 4 is 11.8 Å². The fourth-order valence-corrected chi connectivity index (χ4v) is 5.78. The van der Waals surface area contributed by atoms with Crippen molar-refractivity contribution < 1.29 is 19.0 Å². The third-order valence-electron chi connectivity index (χ3n) is 6.23. The average Bonchev–Trinajstić information content (AvgIpc) is 2.85. The Morgan fingerprint density at radius 3 is 2.48 bits per heavy atom. The Labute approximate surface area is 198 Å². The van der Waals surface area contributed by atoms with Gasteiger partial charge in [0.2, 0.25) is 0 Å². The maximum Gasteiger partial charge on any atom is 0.144 e. The Balaban J connectivity index is 1.34. The fourth-order valence-electron chi connectivity index (χ4n) is 4.50. The lowest BCUT2D eigenvalue weighted by atomic mass is 10.00. The Morgan fingerprint density at radius 1 is 0.970 bits per heavy atom. The number of likely N-dealkylation sites (tertiary alicyclic amines) is 1. The summed E-state index contributed by atoms with van der Waals surface area (Å²) in [5, 5.41) is 9.75. The van der Waals surface area contributed by atoms with E-state index in [2.05, 4.69) is 4.90 Å². The van der Waals surface area contributed by atoms with E-state index in [9.17, 15) is 9.50 Å². The second-order valence-electron chi connectivity index (χ2n) is 8.56. The lowest BCUT2D eigenvalue weighted by Crippen LogP contribution is -2.33. The minimum Gasteiger partial charge on any atom is -0.508 e. The Kier molecular flexibility index (Phi) is 6.74. The number of piperidine rings is 1. The number of hydrogen-bond acceptors (Lipinski definition) is 5. The normalized spacial score (nSPS) is 20.6. The van der Waals surface area contributed by atoms with Crippen molar-refractivity contribution in [3.63, 3.8) is 0 Å². The van der Waals surface area contributed by atoms with Gasteiger partial charge in [-0.2, -0.15) is 0 Å². The van der Waals surface area contributed by atoms with Crippen LogP contribution in [-0.4, -0.2) is 36.2 Å². The molecule has 172 valence electrons. The van der Waals surface area contributed by atoms with E-state index in [0.29, 0.717) is 17.3 Å². The van der Waals surface area contributed by atoms with Crippen molar-refractivity contribution in [2.75, 3.05) is 26.2 Å². The van der Waals surface area contributed by atoms with Gasteiger partial charge in [-0.15, -0.1) is 11.8 Å². The number of hydrogen-bond donors (Lipinski definition) is 1. The summed E-state index contributed by atoms with van der Waals surface area (Å²) in [6, 6.07) is 20.6. The minimum absolute atomic E-state index is 0.122. The van der Waals surface area contributed by atoms with Gasteiger partial charge >= 0.3 is 0 Å². The van der Waals surface area contributed by atoms with E-state index in [1.165, 1.54) is 37.1 Å². The quantitative estimate of drug-likeness (QED) is 0.459. The smallest absolute Gasteiger partial charge is 0.144 e. The number of phenolic OH excluding ortho intramolecular Hbond substituents is 1. The molecule has 3 aromatic carbocycles. The average molecular weight is 466 g/mol. The summed E-state index contributed by atoms with van der Waals surface area (Å²) in [7, 11) is 0. The van der Waals surface area contributed by atoms with E-state index >= 15 is 0 Å². The summed E-state index contributed by atoms with van der Waals surface area (Å²) in [4.78, 5) is 2.89. The van der Waals surface area contributed by atoms with Gasteiger partial charge < -0.3 is 14.6 Å². The molecular weight excluding hydrogens is 437 g/mol. The predicted octanol–water partition coefficient (Wildman–Crippen LogP) is 6.36. The molecule has 1 saturated heterocycles. The number of fused-ring (bicyclic) bond motifs is 1. The second kappa shape index (κ2) is 10.1. The molecule has 0 aromatic heterocycles. The molecule has 4 nitrogen and oxygen atoms in total. The lowest BCUT2D eigenvalue weighted by Gasteiger charge is -2.34. The summed E-state index contributed by atoms with van der Waals surface area (Å²) >= 11 is 1.43. The van der Waals surface area contributed by atoms with Crippen molar-refractivity contribution in [1.82, 2.24) is 4.90 Å². The molecule has 0 saturated carbocycles. The molecular formula is C27H28FNO3S. The maximum atomic E-state index is 14.6. The first-order valence-corrected chi connectivity index (χ1v) is 12.4. The van der Waals surface area contributed by atoms with Gasteiger partial charge in [-0.25, -0.2) is 4.39 Å². The first kappa shape index (κ1) is 22.1. The summed E-state index contributed by atoms with van der Waals surface area (Å²) in [6.45, 7) is 3.95. The first-order chi connectivity index (χ1) is 16.2. The van der Waals surface area contributed by atoms with Crippen molar-refractivity contribution in [1.29, 1.82) is 0 Å². The van der Waals surface area contributed by atoms with Gasteiger partial charge in [0.05, 0.1) is 10.1 Å². The van der Waals surface area contributed by atoms with Gasteiger partial charge in [-0.05, 0) is 49.2 Å². The van der Waals surface area contributed by atoms with Crippen LogP contribution in [-0.2, 0) is 0 Å². The zero-order valence-corrected chi connectivity index (χ0v) is 19.3. The third-order valence-corrected chi connectivity index (χ3v) is 7.63. The molecule has 0 amide bonds. The van der Waals surface area contributed by atoms with Crippen LogP contribution in [0.1, 0.15) is 41.7 Å². The van der Waals surface area contributed by atoms with Crippen molar-refractivity contribution in [3.8, 4) is 17.2 Å². The van der Waals surface area contributed by atoms with Gasteiger partial charge in [0, 0.05) is 18.7 Å². The van der Waals surface area contributed by atoms with Crippen LogP contribution < -0.4 is 9.47 Å². The molecule has 0 spiro atoms. The van der Waals surface area contributed by atoms with Crippen LogP contribution >= 0.6 is 11.8 Å².